The molecule has 2 N–H and O–H groups in total. The number of rotatable bonds is 9. The van der Waals surface area contributed by atoms with Gasteiger partial charge in [-0.3, -0.25) is 20.0 Å². The van der Waals surface area contributed by atoms with Gasteiger partial charge in [0.1, 0.15) is 11.4 Å². The third kappa shape index (κ3) is 5.51. The van der Waals surface area contributed by atoms with Gasteiger partial charge in [0.25, 0.3) is 11.6 Å². The molecule has 1 amide bonds. The largest absolute Gasteiger partial charge is 0.494 e. The lowest BCUT2D eigenvalue weighted by Gasteiger charge is -2.05. The molecular weight excluding hydrogens is 386 g/mol. The summed E-state index contributed by atoms with van der Waals surface area (Å²) in [5, 5.41) is 21.5. The van der Waals surface area contributed by atoms with Gasteiger partial charge in [0.05, 0.1) is 23.4 Å². The lowest BCUT2D eigenvalue weighted by Crippen LogP contribution is -2.18. The molecular formula is C21H21N5O4. The molecule has 0 aliphatic carbocycles. The summed E-state index contributed by atoms with van der Waals surface area (Å²) in [4.78, 5) is 22.5. The maximum Gasteiger partial charge on any atom is 0.289 e. The first-order valence-electron chi connectivity index (χ1n) is 9.43. The van der Waals surface area contributed by atoms with Crippen molar-refractivity contribution >= 4 is 17.8 Å². The van der Waals surface area contributed by atoms with E-state index in [9.17, 15) is 14.9 Å². The minimum atomic E-state index is -0.494. The summed E-state index contributed by atoms with van der Waals surface area (Å²) in [6, 6.07) is 15.0. The van der Waals surface area contributed by atoms with Gasteiger partial charge < -0.3 is 4.74 Å². The fourth-order valence-electron chi connectivity index (χ4n) is 2.59. The SMILES string of the molecule is CCCCOc1ccc(-c2cc(C(=O)NN=Cc3cccc([N+](=O)[O-])c3)[nH]n2)cc1. The molecule has 3 rings (SSSR count). The summed E-state index contributed by atoms with van der Waals surface area (Å²) >= 11 is 0. The summed E-state index contributed by atoms with van der Waals surface area (Å²) in [5.41, 5.74) is 4.51. The average Bonchev–Trinajstić information content (AvgIpc) is 3.25. The highest BCUT2D eigenvalue weighted by Gasteiger charge is 2.11. The van der Waals surface area contributed by atoms with Crippen LogP contribution in [0.2, 0.25) is 0 Å². The number of hydrazone groups is 1. The third-order valence-corrected chi connectivity index (χ3v) is 4.20. The summed E-state index contributed by atoms with van der Waals surface area (Å²) in [5.74, 6) is 0.311. The molecule has 1 aromatic heterocycles. The molecule has 0 aliphatic rings. The Balaban J connectivity index is 1.59. The number of nitro groups is 1. The molecule has 0 aliphatic heterocycles. The van der Waals surface area contributed by atoms with Gasteiger partial charge in [-0.25, -0.2) is 5.43 Å². The van der Waals surface area contributed by atoms with Crippen molar-refractivity contribution in [2.45, 2.75) is 19.8 Å². The second-order valence-corrected chi connectivity index (χ2v) is 6.44. The first kappa shape index (κ1) is 20.7. The van der Waals surface area contributed by atoms with E-state index in [2.05, 4.69) is 27.6 Å². The Kier molecular flexibility index (Phi) is 6.88. The highest BCUT2D eigenvalue weighted by atomic mass is 16.6. The Labute approximate surface area is 172 Å². The molecule has 3 aromatic rings. The Hall–Kier alpha value is -4.01. The second-order valence-electron chi connectivity index (χ2n) is 6.44. The predicted molar refractivity (Wildman–Crippen MR) is 113 cm³/mol. The summed E-state index contributed by atoms with van der Waals surface area (Å²) in [6.07, 6.45) is 3.41. The van der Waals surface area contributed by atoms with Gasteiger partial charge in [-0.05, 0) is 36.8 Å². The summed E-state index contributed by atoms with van der Waals surface area (Å²) in [6.45, 7) is 2.79. The van der Waals surface area contributed by atoms with Gasteiger partial charge in [0.15, 0.2) is 0 Å². The standard InChI is InChI=1S/C21H21N5O4/c1-2-3-11-30-18-9-7-16(8-10-18)19-13-20(24-23-19)21(27)25-22-14-15-5-4-6-17(12-15)26(28)29/h4-10,12-14H,2-3,11H2,1H3,(H,23,24)(H,25,27). The number of H-pyrrole nitrogens is 1. The zero-order valence-electron chi connectivity index (χ0n) is 16.4. The number of ether oxygens (including phenoxy) is 1. The molecule has 0 unspecified atom stereocenters. The fraction of sp³-hybridized carbons (Fsp3) is 0.190. The van der Waals surface area contributed by atoms with Crippen molar-refractivity contribution in [3.05, 3.63) is 76.0 Å². The van der Waals surface area contributed by atoms with Crippen LogP contribution in [0.1, 0.15) is 35.8 Å². The fourth-order valence-corrected chi connectivity index (χ4v) is 2.59. The quantitative estimate of drug-likeness (QED) is 0.241. The van der Waals surface area contributed by atoms with Crippen molar-refractivity contribution in [3.8, 4) is 17.0 Å². The molecule has 30 heavy (non-hydrogen) atoms. The van der Waals surface area contributed by atoms with Crippen LogP contribution in [0.15, 0.2) is 59.7 Å². The number of nitrogens with one attached hydrogen (secondary N) is 2. The van der Waals surface area contributed by atoms with Gasteiger partial charge in [-0.2, -0.15) is 10.2 Å². The molecule has 0 bridgehead atoms. The van der Waals surface area contributed by atoms with E-state index in [4.69, 9.17) is 4.74 Å². The minimum absolute atomic E-state index is 0.0507. The van der Waals surface area contributed by atoms with Crippen LogP contribution in [0.4, 0.5) is 5.69 Å². The Morgan fingerprint density at radius 3 is 2.80 bits per heavy atom. The number of hydrogen-bond donors (Lipinski definition) is 2. The van der Waals surface area contributed by atoms with Crippen LogP contribution in [0.3, 0.4) is 0 Å². The lowest BCUT2D eigenvalue weighted by atomic mass is 10.1. The molecule has 2 aromatic carbocycles. The maximum atomic E-state index is 12.2. The van der Waals surface area contributed by atoms with Gasteiger partial charge in [-0.1, -0.05) is 25.5 Å². The Morgan fingerprint density at radius 2 is 2.07 bits per heavy atom. The van der Waals surface area contributed by atoms with Crippen molar-refractivity contribution in [2.24, 2.45) is 5.10 Å². The van der Waals surface area contributed by atoms with E-state index in [0.29, 0.717) is 17.9 Å². The first-order chi connectivity index (χ1) is 14.6. The Morgan fingerprint density at radius 1 is 1.27 bits per heavy atom. The summed E-state index contributed by atoms with van der Waals surface area (Å²) in [7, 11) is 0. The Bertz CT molecular complexity index is 1040. The molecule has 0 atom stereocenters. The molecule has 0 radical (unpaired) electrons. The van der Waals surface area contributed by atoms with Crippen molar-refractivity contribution in [3.63, 3.8) is 0 Å². The van der Waals surface area contributed by atoms with E-state index in [0.717, 1.165) is 24.2 Å². The highest BCUT2D eigenvalue weighted by molar-refractivity contribution is 5.94. The molecule has 0 fully saturated rings. The zero-order chi connectivity index (χ0) is 21.3. The first-order valence-corrected chi connectivity index (χ1v) is 9.43. The number of nitro benzene ring substituents is 1. The average molecular weight is 407 g/mol. The van der Waals surface area contributed by atoms with Crippen LogP contribution in [0.25, 0.3) is 11.3 Å². The minimum Gasteiger partial charge on any atom is -0.494 e. The predicted octanol–water partition coefficient (Wildman–Crippen LogP) is 3.93. The summed E-state index contributed by atoms with van der Waals surface area (Å²) < 4.78 is 5.64. The number of benzene rings is 2. The van der Waals surface area contributed by atoms with E-state index < -0.39 is 10.8 Å². The molecule has 0 saturated carbocycles. The topological polar surface area (TPSA) is 123 Å². The van der Waals surface area contributed by atoms with Crippen LogP contribution in [0, 0.1) is 10.1 Å². The van der Waals surface area contributed by atoms with Crippen LogP contribution < -0.4 is 10.2 Å². The van der Waals surface area contributed by atoms with E-state index in [1.165, 1.54) is 18.3 Å². The van der Waals surface area contributed by atoms with E-state index in [1.807, 2.05) is 24.3 Å². The molecule has 0 saturated heterocycles. The number of non-ortho nitro benzene ring substituents is 1. The number of unbranched alkanes of at least 4 members (excludes halogenated alkanes) is 1. The van der Waals surface area contributed by atoms with Crippen LogP contribution >= 0.6 is 0 Å². The van der Waals surface area contributed by atoms with E-state index in [-0.39, 0.29) is 11.4 Å². The smallest absolute Gasteiger partial charge is 0.289 e. The number of nitrogens with zero attached hydrogens (tertiary/aromatic N) is 3. The number of aromatic amines is 1. The van der Waals surface area contributed by atoms with Crippen LogP contribution in [-0.4, -0.2) is 33.8 Å². The highest BCUT2D eigenvalue weighted by Crippen LogP contribution is 2.21. The molecule has 9 nitrogen and oxygen atoms in total. The van der Waals surface area contributed by atoms with Crippen LogP contribution in [-0.2, 0) is 0 Å². The molecule has 1 heterocycles. The number of carbonyl (C=O) groups excluding carboxylic acids is 1. The normalized spacial score (nSPS) is 10.8. The van der Waals surface area contributed by atoms with Crippen LogP contribution in [0.5, 0.6) is 5.75 Å². The van der Waals surface area contributed by atoms with Crippen molar-refractivity contribution < 1.29 is 14.5 Å². The van der Waals surface area contributed by atoms with Crippen molar-refractivity contribution in [1.29, 1.82) is 0 Å². The molecule has 9 heteroatoms. The van der Waals surface area contributed by atoms with Crippen molar-refractivity contribution in [2.75, 3.05) is 6.61 Å². The number of amides is 1. The van der Waals surface area contributed by atoms with E-state index in [1.54, 1.807) is 18.2 Å². The number of carbonyl (C=O) groups is 1. The second kappa shape index (κ2) is 9.97. The molecule has 0 spiro atoms. The van der Waals surface area contributed by atoms with Gasteiger partial charge in [-0.15, -0.1) is 0 Å². The zero-order valence-corrected chi connectivity index (χ0v) is 16.4. The molecule has 154 valence electrons. The van der Waals surface area contributed by atoms with E-state index >= 15 is 0 Å². The van der Waals surface area contributed by atoms with Gasteiger partial charge in [0, 0.05) is 23.3 Å². The maximum absolute atomic E-state index is 12.2. The lowest BCUT2D eigenvalue weighted by molar-refractivity contribution is -0.384. The third-order valence-electron chi connectivity index (χ3n) is 4.20. The van der Waals surface area contributed by atoms with Gasteiger partial charge >= 0.3 is 0 Å². The number of aromatic nitrogens is 2. The monoisotopic (exact) mass is 407 g/mol. The van der Waals surface area contributed by atoms with Crippen molar-refractivity contribution in [1.82, 2.24) is 15.6 Å². The van der Waals surface area contributed by atoms with Gasteiger partial charge in [0.2, 0.25) is 0 Å². The number of hydrogen-bond acceptors (Lipinski definition) is 6.